The number of hydrogen-bond acceptors (Lipinski definition) is 5. The molecule has 0 aliphatic carbocycles. The Kier molecular flexibility index (Phi) is 35.5. The molecule has 0 heterocycles. The third kappa shape index (κ3) is 38.8. The van der Waals surface area contributed by atoms with Crippen molar-refractivity contribution in [3.63, 3.8) is 0 Å². The Bertz CT molecular complexity index is 964. The minimum atomic E-state index is -4.35. The lowest BCUT2D eigenvalue weighted by Gasteiger charge is -2.25. The van der Waals surface area contributed by atoms with Gasteiger partial charge in [-0.1, -0.05) is 179 Å². The van der Waals surface area contributed by atoms with Crippen molar-refractivity contribution in [1.29, 1.82) is 0 Å². The monoisotopic (exact) mass is 770 g/mol. The number of nitrogens with zero attached hydrogens (tertiary/aromatic N) is 1. The van der Waals surface area contributed by atoms with Crippen molar-refractivity contribution in [2.45, 2.75) is 199 Å². The van der Waals surface area contributed by atoms with Gasteiger partial charge < -0.3 is 19.8 Å². The summed E-state index contributed by atoms with van der Waals surface area (Å²) < 4.78 is 23.5. The zero-order valence-electron chi connectivity index (χ0n) is 35.3. The number of allylic oxidation sites excluding steroid dienone is 5. The van der Waals surface area contributed by atoms with Crippen LogP contribution in [0.4, 0.5) is 0 Å². The molecular formula is C44H86N2O6P+. The SMILES string of the molecule is CCCCCCCC/C=C\C/C=C\CCC(=O)NC(COP(=O)(O)OCC[N+](C)(C)C)C(O)/C=C/CCCCCCCCCCCCCCCCCC. The van der Waals surface area contributed by atoms with Gasteiger partial charge in [0.1, 0.15) is 13.2 Å². The second-order valence-electron chi connectivity index (χ2n) is 16.1. The standard InChI is InChI=1S/C44H85N2O6P/c1-6-8-10-12-14-16-18-20-21-22-23-24-26-27-29-31-33-35-37-43(47)42(41-52-53(49,50)51-40-39-46(3,4)5)45-44(48)38-36-34-32-30-28-25-19-17-15-13-11-9-7-2/h25,28,32,34-35,37,42-43,47H,6-24,26-27,29-31,33,36,38-41H2,1-5H3,(H-,45,48,49,50)/p+1/b28-25-,34-32-,37-35+. The molecule has 0 spiro atoms. The Balaban J connectivity index is 4.50. The topological polar surface area (TPSA) is 105 Å². The van der Waals surface area contributed by atoms with E-state index in [2.05, 4.69) is 37.4 Å². The van der Waals surface area contributed by atoms with E-state index < -0.39 is 20.0 Å². The van der Waals surface area contributed by atoms with E-state index in [-0.39, 0.29) is 25.5 Å². The molecule has 0 radical (unpaired) electrons. The minimum Gasteiger partial charge on any atom is -0.387 e. The van der Waals surface area contributed by atoms with Gasteiger partial charge in [-0.2, -0.15) is 0 Å². The molecule has 1 amide bonds. The molecule has 0 aliphatic rings. The molecule has 0 aliphatic heterocycles. The third-order valence-electron chi connectivity index (χ3n) is 9.62. The van der Waals surface area contributed by atoms with Crippen LogP contribution in [0.2, 0.25) is 0 Å². The molecule has 0 aromatic carbocycles. The number of phosphoric ester groups is 1. The van der Waals surface area contributed by atoms with Crippen molar-refractivity contribution in [1.82, 2.24) is 5.32 Å². The second-order valence-corrected chi connectivity index (χ2v) is 17.5. The number of unbranched alkanes of at least 4 members (excludes halogenated alkanes) is 22. The van der Waals surface area contributed by atoms with Crippen LogP contribution in [0.15, 0.2) is 36.5 Å². The number of phosphoric acid groups is 1. The van der Waals surface area contributed by atoms with Gasteiger partial charge in [0.2, 0.25) is 5.91 Å². The van der Waals surface area contributed by atoms with Crippen LogP contribution in [0.5, 0.6) is 0 Å². The molecule has 312 valence electrons. The summed E-state index contributed by atoms with van der Waals surface area (Å²) in [4.78, 5) is 23.0. The highest BCUT2D eigenvalue weighted by molar-refractivity contribution is 7.47. The molecule has 0 aromatic heterocycles. The molecule has 8 nitrogen and oxygen atoms in total. The maximum absolute atomic E-state index is 12.8. The van der Waals surface area contributed by atoms with Gasteiger partial charge in [-0.15, -0.1) is 0 Å². The first-order valence-electron chi connectivity index (χ1n) is 21.9. The number of aliphatic hydroxyl groups excluding tert-OH is 1. The number of rotatable bonds is 39. The average Bonchev–Trinajstić information content (AvgIpc) is 3.10. The number of carbonyl (C=O) groups excluding carboxylic acids is 1. The summed E-state index contributed by atoms with van der Waals surface area (Å²) in [5.41, 5.74) is 0. The normalized spacial score (nSPS) is 14.8. The van der Waals surface area contributed by atoms with Crippen molar-refractivity contribution in [3.8, 4) is 0 Å². The van der Waals surface area contributed by atoms with E-state index in [4.69, 9.17) is 9.05 Å². The number of aliphatic hydroxyl groups is 1. The molecule has 0 fully saturated rings. The smallest absolute Gasteiger partial charge is 0.387 e. The van der Waals surface area contributed by atoms with Gasteiger partial charge >= 0.3 is 7.82 Å². The van der Waals surface area contributed by atoms with Gasteiger partial charge in [-0.05, 0) is 38.5 Å². The van der Waals surface area contributed by atoms with Gasteiger partial charge in [-0.3, -0.25) is 13.8 Å². The summed E-state index contributed by atoms with van der Waals surface area (Å²) in [5, 5.41) is 13.8. The zero-order chi connectivity index (χ0) is 39.3. The summed E-state index contributed by atoms with van der Waals surface area (Å²) in [6.07, 6.45) is 43.7. The van der Waals surface area contributed by atoms with Gasteiger partial charge in [0.05, 0.1) is 39.9 Å². The molecule has 0 saturated heterocycles. The fraction of sp³-hybridized carbons (Fsp3) is 0.841. The summed E-state index contributed by atoms with van der Waals surface area (Å²) >= 11 is 0. The van der Waals surface area contributed by atoms with Crippen LogP contribution in [-0.2, 0) is 18.4 Å². The van der Waals surface area contributed by atoms with Crippen molar-refractivity contribution in [3.05, 3.63) is 36.5 Å². The van der Waals surface area contributed by atoms with Crippen LogP contribution in [0, 0.1) is 0 Å². The first-order valence-corrected chi connectivity index (χ1v) is 23.4. The first kappa shape index (κ1) is 51.7. The Morgan fingerprint density at radius 2 is 1.08 bits per heavy atom. The Hall–Kier alpha value is -1.28. The molecule has 0 rings (SSSR count). The van der Waals surface area contributed by atoms with E-state index in [9.17, 15) is 19.4 Å². The van der Waals surface area contributed by atoms with E-state index in [1.165, 1.54) is 128 Å². The van der Waals surface area contributed by atoms with Crippen LogP contribution >= 0.6 is 7.82 Å². The second kappa shape index (κ2) is 36.4. The molecule has 3 atom stereocenters. The van der Waals surface area contributed by atoms with Crippen molar-refractivity contribution < 1.29 is 32.9 Å². The predicted molar refractivity (Wildman–Crippen MR) is 226 cm³/mol. The predicted octanol–water partition coefficient (Wildman–Crippen LogP) is 11.9. The van der Waals surface area contributed by atoms with E-state index >= 15 is 0 Å². The summed E-state index contributed by atoms with van der Waals surface area (Å²) in [6, 6.07) is -0.874. The number of amides is 1. The van der Waals surface area contributed by atoms with Gasteiger partial charge in [0.15, 0.2) is 0 Å². The van der Waals surface area contributed by atoms with E-state index in [0.717, 1.165) is 32.1 Å². The first-order chi connectivity index (χ1) is 25.5. The third-order valence-corrected chi connectivity index (χ3v) is 10.6. The van der Waals surface area contributed by atoms with Crippen LogP contribution < -0.4 is 5.32 Å². The lowest BCUT2D eigenvalue weighted by Crippen LogP contribution is -2.45. The zero-order valence-corrected chi connectivity index (χ0v) is 36.1. The number of likely N-dealkylation sites (N-methyl/N-ethyl adjacent to an activating group) is 1. The van der Waals surface area contributed by atoms with Gasteiger partial charge in [0, 0.05) is 6.42 Å². The number of quaternary nitrogens is 1. The van der Waals surface area contributed by atoms with Gasteiger partial charge in [0.25, 0.3) is 0 Å². The molecular weight excluding hydrogens is 683 g/mol. The molecule has 9 heteroatoms. The fourth-order valence-corrected chi connectivity index (χ4v) is 6.83. The average molecular weight is 770 g/mol. The summed E-state index contributed by atoms with van der Waals surface area (Å²) in [6.45, 7) is 4.76. The Morgan fingerprint density at radius 1 is 0.642 bits per heavy atom. The van der Waals surface area contributed by atoms with Crippen LogP contribution in [0.25, 0.3) is 0 Å². The maximum Gasteiger partial charge on any atom is 0.472 e. The lowest BCUT2D eigenvalue weighted by molar-refractivity contribution is -0.870. The van der Waals surface area contributed by atoms with Crippen LogP contribution in [-0.4, -0.2) is 73.4 Å². The fourth-order valence-electron chi connectivity index (χ4n) is 6.09. The highest BCUT2D eigenvalue weighted by Crippen LogP contribution is 2.43. The summed E-state index contributed by atoms with van der Waals surface area (Å²) in [5.74, 6) is -0.245. The van der Waals surface area contributed by atoms with Gasteiger partial charge in [-0.25, -0.2) is 4.57 Å². The molecule has 3 N–H and O–H groups in total. The molecule has 3 unspecified atom stereocenters. The minimum absolute atomic E-state index is 0.0522. The molecule has 53 heavy (non-hydrogen) atoms. The lowest BCUT2D eigenvalue weighted by atomic mass is 10.0. The molecule has 0 bridgehead atoms. The van der Waals surface area contributed by atoms with Crippen LogP contribution in [0.3, 0.4) is 0 Å². The van der Waals surface area contributed by atoms with E-state index in [1.807, 2.05) is 33.3 Å². The Labute approximate surface area is 327 Å². The highest BCUT2D eigenvalue weighted by Gasteiger charge is 2.27. The Morgan fingerprint density at radius 3 is 1.55 bits per heavy atom. The van der Waals surface area contributed by atoms with E-state index in [0.29, 0.717) is 17.4 Å². The van der Waals surface area contributed by atoms with Crippen molar-refractivity contribution in [2.75, 3.05) is 40.9 Å². The quantitative estimate of drug-likeness (QED) is 0.0249. The number of carbonyl (C=O) groups is 1. The molecule has 0 aromatic rings. The molecule has 0 saturated carbocycles. The number of nitrogens with one attached hydrogen (secondary N) is 1. The maximum atomic E-state index is 12.8. The summed E-state index contributed by atoms with van der Waals surface area (Å²) in [7, 11) is 1.54. The highest BCUT2D eigenvalue weighted by atomic mass is 31.2. The van der Waals surface area contributed by atoms with E-state index in [1.54, 1.807) is 6.08 Å². The largest absolute Gasteiger partial charge is 0.472 e. The van der Waals surface area contributed by atoms with Crippen molar-refractivity contribution in [2.24, 2.45) is 0 Å². The van der Waals surface area contributed by atoms with Crippen LogP contribution in [0.1, 0.15) is 187 Å². The number of hydrogen-bond donors (Lipinski definition) is 3. The van der Waals surface area contributed by atoms with Crippen molar-refractivity contribution >= 4 is 13.7 Å².